The summed E-state index contributed by atoms with van der Waals surface area (Å²) in [5, 5.41) is 8.71. The van der Waals surface area contributed by atoms with Gasteiger partial charge in [-0.25, -0.2) is 0 Å². The Kier molecular flexibility index (Phi) is 4.71. The van der Waals surface area contributed by atoms with Crippen molar-refractivity contribution < 1.29 is 24.2 Å². The molecule has 0 bridgehead atoms. The normalized spacial score (nSPS) is 12.7. The molecule has 0 spiro atoms. The number of thiophene rings is 1. The molecule has 0 unspecified atom stereocenters. The summed E-state index contributed by atoms with van der Waals surface area (Å²) in [4.78, 5) is 25.9. The fraction of sp³-hybridized carbons (Fsp3) is 0.294. The zero-order chi connectivity index (χ0) is 17.1. The third kappa shape index (κ3) is 3.51. The van der Waals surface area contributed by atoms with Crippen molar-refractivity contribution in [2.45, 2.75) is 6.42 Å². The molecule has 1 aliphatic heterocycles. The summed E-state index contributed by atoms with van der Waals surface area (Å²) in [5.41, 5.74) is 0.955. The number of amides is 1. The van der Waals surface area contributed by atoms with Crippen LogP contribution in [0.15, 0.2) is 30.3 Å². The number of rotatable bonds is 5. The molecule has 3 rings (SSSR count). The van der Waals surface area contributed by atoms with Gasteiger partial charge in [0.1, 0.15) is 13.2 Å². The van der Waals surface area contributed by atoms with Crippen molar-refractivity contribution >= 4 is 23.2 Å². The SMILES string of the molecule is CN(CCC(=O)O)C(=O)c1ccc(-c2ccc3c(c2)OCCO3)s1. The van der Waals surface area contributed by atoms with Crippen molar-refractivity contribution in [3.8, 4) is 21.9 Å². The van der Waals surface area contributed by atoms with Crippen LogP contribution in [0.4, 0.5) is 0 Å². The lowest BCUT2D eigenvalue weighted by molar-refractivity contribution is -0.137. The number of carboxylic acid groups (broad SMARTS) is 1. The first-order valence-electron chi connectivity index (χ1n) is 7.52. The van der Waals surface area contributed by atoms with E-state index in [1.54, 1.807) is 13.1 Å². The van der Waals surface area contributed by atoms with Gasteiger partial charge in [0, 0.05) is 18.5 Å². The van der Waals surface area contributed by atoms with E-state index in [9.17, 15) is 9.59 Å². The Bertz CT molecular complexity index is 770. The Morgan fingerprint density at radius 2 is 1.92 bits per heavy atom. The number of aliphatic carboxylic acids is 1. The molecule has 0 saturated heterocycles. The molecular weight excluding hydrogens is 330 g/mol. The molecule has 0 fully saturated rings. The number of benzene rings is 1. The van der Waals surface area contributed by atoms with Gasteiger partial charge < -0.3 is 19.5 Å². The summed E-state index contributed by atoms with van der Waals surface area (Å²) in [5.74, 6) is 0.340. The summed E-state index contributed by atoms with van der Waals surface area (Å²) in [6.07, 6.45) is -0.0668. The van der Waals surface area contributed by atoms with Gasteiger partial charge in [-0.1, -0.05) is 0 Å². The lowest BCUT2D eigenvalue weighted by Crippen LogP contribution is -2.28. The first-order chi connectivity index (χ1) is 11.5. The van der Waals surface area contributed by atoms with Crippen LogP contribution in [-0.4, -0.2) is 48.7 Å². The maximum absolute atomic E-state index is 12.3. The summed E-state index contributed by atoms with van der Waals surface area (Å²) in [6, 6.07) is 9.35. The monoisotopic (exact) mass is 347 g/mol. The van der Waals surface area contributed by atoms with Crippen molar-refractivity contribution in [2.75, 3.05) is 26.8 Å². The van der Waals surface area contributed by atoms with Crippen LogP contribution in [-0.2, 0) is 4.79 Å². The molecule has 1 aromatic heterocycles. The number of nitrogens with zero attached hydrogens (tertiary/aromatic N) is 1. The van der Waals surface area contributed by atoms with E-state index in [4.69, 9.17) is 14.6 Å². The van der Waals surface area contributed by atoms with Crippen LogP contribution in [0.25, 0.3) is 10.4 Å². The molecule has 2 aromatic rings. The summed E-state index contributed by atoms with van der Waals surface area (Å²) < 4.78 is 11.1. The minimum atomic E-state index is -0.919. The van der Waals surface area contributed by atoms with Gasteiger partial charge >= 0.3 is 5.97 Å². The van der Waals surface area contributed by atoms with Crippen LogP contribution < -0.4 is 9.47 Å². The summed E-state index contributed by atoms with van der Waals surface area (Å²) in [7, 11) is 1.61. The van der Waals surface area contributed by atoms with E-state index in [-0.39, 0.29) is 18.9 Å². The molecular formula is C17H17NO5S. The van der Waals surface area contributed by atoms with Crippen molar-refractivity contribution in [1.82, 2.24) is 4.90 Å². The average Bonchev–Trinajstić information content (AvgIpc) is 3.08. The maximum Gasteiger partial charge on any atom is 0.305 e. The number of hydrogen-bond donors (Lipinski definition) is 1. The Morgan fingerprint density at radius 3 is 2.67 bits per heavy atom. The highest BCUT2D eigenvalue weighted by Crippen LogP contribution is 2.37. The van der Waals surface area contributed by atoms with Gasteiger partial charge in [0.2, 0.25) is 0 Å². The van der Waals surface area contributed by atoms with E-state index < -0.39 is 5.97 Å². The van der Waals surface area contributed by atoms with Crippen molar-refractivity contribution in [1.29, 1.82) is 0 Å². The van der Waals surface area contributed by atoms with Gasteiger partial charge in [0.25, 0.3) is 5.91 Å². The Hall–Kier alpha value is -2.54. The number of carboxylic acids is 1. The minimum Gasteiger partial charge on any atom is -0.486 e. The Balaban J connectivity index is 1.75. The fourth-order valence-corrected chi connectivity index (χ4v) is 3.35. The second-order valence-corrected chi connectivity index (χ2v) is 6.48. The van der Waals surface area contributed by atoms with Gasteiger partial charge in [0.15, 0.2) is 11.5 Å². The lowest BCUT2D eigenvalue weighted by atomic mass is 10.1. The van der Waals surface area contributed by atoms with Gasteiger partial charge in [-0.3, -0.25) is 9.59 Å². The van der Waals surface area contributed by atoms with Gasteiger partial charge in [-0.2, -0.15) is 0 Å². The maximum atomic E-state index is 12.3. The molecule has 1 amide bonds. The molecule has 2 heterocycles. The van der Waals surface area contributed by atoms with Crippen LogP contribution in [0.1, 0.15) is 16.1 Å². The molecule has 1 aromatic carbocycles. The van der Waals surface area contributed by atoms with Gasteiger partial charge in [-0.05, 0) is 35.9 Å². The minimum absolute atomic E-state index is 0.0668. The van der Waals surface area contributed by atoms with E-state index in [0.29, 0.717) is 23.8 Å². The zero-order valence-electron chi connectivity index (χ0n) is 13.2. The predicted molar refractivity (Wildman–Crippen MR) is 90.0 cm³/mol. The van der Waals surface area contributed by atoms with E-state index in [2.05, 4.69) is 0 Å². The smallest absolute Gasteiger partial charge is 0.305 e. The molecule has 0 saturated carbocycles. The van der Waals surface area contributed by atoms with E-state index in [0.717, 1.165) is 16.2 Å². The molecule has 1 aliphatic rings. The number of ether oxygens (including phenoxy) is 2. The zero-order valence-corrected chi connectivity index (χ0v) is 14.0. The predicted octanol–water partition coefficient (Wildman–Crippen LogP) is 2.73. The second-order valence-electron chi connectivity index (χ2n) is 5.39. The molecule has 7 heteroatoms. The second kappa shape index (κ2) is 6.92. The fourth-order valence-electron chi connectivity index (χ4n) is 2.36. The Labute approximate surface area is 143 Å². The molecule has 6 nitrogen and oxygen atoms in total. The third-order valence-corrected chi connectivity index (χ3v) is 4.77. The number of fused-ring (bicyclic) bond motifs is 1. The molecule has 126 valence electrons. The molecule has 24 heavy (non-hydrogen) atoms. The number of hydrogen-bond acceptors (Lipinski definition) is 5. The quantitative estimate of drug-likeness (QED) is 0.900. The third-order valence-electron chi connectivity index (χ3n) is 3.65. The highest BCUT2D eigenvalue weighted by molar-refractivity contribution is 7.17. The molecule has 0 atom stereocenters. The average molecular weight is 347 g/mol. The van der Waals surface area contributed by atoms with E-state index in [1.165, 1.54) is 16.2 Å². The van der Waals surface area contributed by atoms with Crippen LogP contribution in [0.5, 0.6) is 11.5 Å². The Morgan fingerprint density at radius 1 is 1.17 bits per heavy atom. The first kappa shape index (κ1) is 16.3. The summed E-state index contributed by atoms with van der Waals surface area (Å²) in [6.45, 7) is 1.26. The van der Waals surface area contributed by atoms with Crippen molar-refractivity contribution in [3.63, 3.8) is 0 Å². The number of carbonyl (C=O) groups is 2. The molecule has 0 aliphatic carbocycles. The first-order valence-corrected chi connectivity index (χ1v) is 8.33. The largest absolute Gasteiger partial charge is 0.486 e. The highest BCUT2D eigenvalue weighted by Gasteiger charge is 2.17. The van der Waals surface area contributed by atoms with E-state index >= 15 is 0 Å². The van der Waals surface area contributed by atoms with Crippen molar-refractivity contribution in [3.05, 3.63) is 35.2 Å². The van der Waals surface area contributed by atoms with E-state index in [1.807, 2.05) is 24.3 Å². The molecule has 1 N–H and O–H groups in total. The lowest BCUT2D eigenvalue weighted by Gasteiger charge is -2.18. The van der Waals surface area contributed by atoms with Crippen LogP contribution in [0, 0.1) is 0 Å². The highest BCUT2D eigenvalue weighted by atomic mass is 32.1. The molecule has 0 radical (unpaired) electrons. The van der Waals surface area contributed by atoms with Crippen LogP contribution in [0.2, 0.25) is 0 Å². The van der Waals surface area contributed by atoms with Crippen LogP contribution in [0.3, 0.4) is 0 Å². The summed E-state index contributed by atoms with van der Waals surface area (Å²) >= 11 is 1.37. The van der Waals surface area contributed by atoms with Gasteiger partial charge in [-0.15, -0.1) is 11.3 Å². The standard InChI is InChI=1S/C17H17NO5S/c1-18(7-6-16(19)20)17(21)15-5-4-14(24-15)11-2-3-12-13(10-11)23-9-8-22-12/h2-5,10H,6-9H2,1H3,(H,19,20). The topological polar surface area (TPSA) is 76.1 Å². The van der Waals surface area contributed by atoms with Crippen LogP contribution >= 0.6 is 11.3 Å². The van der Waals surface area contributed by atoms with Crippen molar-refractivity contribution in [2.24, 2.45) is 0 Å². The van der Waals surface area contributed by atoms with Gasteiger partial charge in [0.05, 0.1) is 11.3 Å². The number of carbonyl (C=O) groups excluding carboxylic acids is 1.